The molecule has 1 N–H and O–H groups in total. The number of pyridine rings is 1. The summed E-state index contributed by atoms with van der Waals surface area (Å²) in [6.07, 6.45) is 1.01. The summed E-state index contributed by atoms with van der Waals surface area (Å²) in [7, 11) is 1.43. The summed E-state index contributed by atoms with van der Waals surface area (Å²) in [5.74, 6) is -0.172. The SMILES string of the molecule is COc1ccc2c(F)c[nH]c(=O)c2c1Cl. The van der Waals surface area contributed by atoms with Crippen LogP contribution in [0.1, 0.15) is 0 Å². The fourth-order valence-corrected chi connectivity index (χ4v) is 1.74. The number of aromatic nitrogens is 1. The lowest BCUT2D eigenvalue weighted by molar-refractivity contribution is 0.415. The molecule has 0 saturated carbocycles. The van der Waals surface area contributed by atoms with Gasteiger partial charge in [-0.3, -0.25) is 4.79 Å². The number of methoxy groups -OCH3 is 1. The summed E-state index contributed by atoms with van der Waals surface area (Å²) in [4.78, 5) is 13.7. The molecule has 0 aliphatic rings. The van der Waals surface area contributed by atoms with Crippen molar-refractivity contribution in [2.24, 2.45) is 0 Å². The lowest BCUT2D eigenvalue weighted by Gasteiger charge is -2.05. The van der Waals surface area contributed by atoms with Crippen LogP contribution in [-0.2, 0) is 0 Å². The number of nitrogens with one attached hydrogen (secondary N) is 1. The maximum Gasteiger partial charge on any atom is 0.257 e. The van der Waals surface area contributed by atoms with Gasteiger partial charge >= 0.3 is 0 Å². The summed E-state index contributed by atoms with van der Waals surface area (Å²) in [5, 5.41) is 0.413. The predicted molar refractivity (Wildman–Crippen MR) is 56.1 cm³/mol. The highest BCUT2D eigenvalue weighted by Crippen LogP contribution is 2.30. The van der Waals surface area contributed by atoms with Gasteiger partial charge in [0.15, 0.2) is 0 Å². The van der Waals surface area contributed by atoms with E-state index in [4.69, 9.17) is 16.3 Å². The van der Waals surface area contributed by atoms with E-state index in [0.29, 0.717) is 5.75 Å². The van der Waals surface area contributed by atoms with Crippen LogP contribution in [0.25, 0.3) is 10.8 Å². The van der Waals surface area contributed by atoms with Crippen molar-refractivity contribution in [3.05, 3.63) is 39.5 Å². The van der Waals surface area contributed by atoms with Gasteiger partial charge in [-0.2, -0.15) is 0 Å². The van der Waals surface area contributed by atoms with Gasteiger partial charge in [-0.1, -0.05) is 11.6 Å². The second kappa shape index (κ2) is 3.55. The lowest BCUT2D eigenvalue weighted by atomic mass is 10.1. The number of ether oxygens (including phenoxy) is 1. The van der Waals surface area contributed by atoms with Crippen LogP contribution in [0.3, 0.4) is 0 Å². The number of hydrogen-bond acceptors (Lipinski definition) is 2. The van der Waals surface area contributed by atoms with Crippen molar-refractivity contribution in [3.63, 3.8) is 0 Å². The first-order valence-electron chi connectivity index (χ1n) is 4.18. The molecule has 0 unspecified atom stereocenters. The summed E-state index contributed by atoms with van der Waals surface area (Å²) in [6.45, 7) is 0. The Morgan fingerprint density at radius 3 is 2.87 bits per heavy atom. The molecule has 1 aromatic heterocycles. The van der Waals surface area contributed by atoms with Crippen LogP contribution in [0.5, 0.6) is 5.75 Å². The van der Waals surface area contributed by atoms with Crippen molar-refractivity contribution in [3.8, 4) is 5.75 Å². The Labute approximate surface area is 89.4 Å². The van der Waals surface area contributed by atoms with Gasteiger partial charge in [0.25, 0.3) is 5.56 Å². The monoisotopic (exact) mass is 227 g/mol. The summed E-state index contributed by atoms with van der Waals surface area (Å²) < 4.78 is 18.3. The molecule has 1 heterocycles. The predicted octanol–water partition coefficient (Wildman–Crippen LogP) is 2.33. The van der Waals surface area contributed by atoms with Crippen LogP contribution in [0, 0.1) is 5.82 Å². The Balaban J connectivity index is 2.98. The highest BCUT2D eigenvalue weighted by molar-refractivity contribution is 6.36. The van der Waals surface area contributed by atoms with Gasteiger partial charge in [-0.05, 0) is 12.1 Å². The molecule has 1 aromatic carbocycles. The van der Waals surface area contributed by atoms with Gasteiger partial charge in [-0.15, -0.1) is 0 Å². The van der Waals surface area contributed by atoms with Crippen LogP contribution in [0.4, 0.5) is 4.39 Å². The van der Waals surface area contributed by atoms with Crippen LogP contribution in [0.15, 0.2) is 23.1 Å². The number of benzene rings is 1. The molecular formula is C10H7ClFNO2. The molecular weight excluding hydrogens is 221 g/mol. The van der Waals surface area contributed by atoms with Crippen LogP contribution >= 0.6 is 11.6 Å². The van der Waals surface area contributed by atoms with E-state index in [-0.39, 0.29) is 15.8 Å². The highest BCUT2D eigenvalue weighted by Gasteiger charge is 2.11. The Hall–Kier alpha value is -1.55. The molecule has 0 fully saturated rings. The van der Waals surface area contributed by atoms with Crippen molar-refractivity contribution in [2.45, 2.75) is 0 Å². The lowest BCUT2D eigenvalue weighted by Crippen LogP contribution is -2.07. The minimum atomic E-state index is -0.519. The molecule has 5 heteroatoms. The Morgan fingerprint density at radius 2 is 2.20 bits per heavy atom. The minimum Gasteiger partial charge on any atom is -0.495 e. The molecule has 0 atom stereocenters. The van der Waals surface area contributed by atoms with Crippen molar-refractivity contribution < 1.29 is 9.13 Å². The largest absolute Gasteiger partial charge is 0.495 e. The molecule has 0 saturated heterocycles. The zero-order chi connectivity index (χ0) is 11.0. The Bertz CT molecular complexity index is 579. The van der Waals surface area contributed by atoms with Crippen LogP contribution < -0.4 is 10.3 Å². The van der Waals surface area contributed by atoms with Crippen molar-refractivity contribution >= 4 is 22.4 Å². The second-order valence-corrected chi connectivity index (χ2v) is 3.35. The second-order valence-electron chi connectivity index (χ2n) is 2.97. The zero-order valence-corrected chi connectivity index (χ0v) is 8.56. The van der Waals surface area contributed by atoms with E-state index < -0.39 is 11.4 Å². The van der Waals surface area contributed by atoms with Crippen molar-refractivity contribution in [1.82, 2.24) is 4.98 Å². The topological polar surface area (TPSA) is 42.1 Å². The number of hydrogen-bond donors (Lipinski definition) is 1. The molecule has 0 bridgehead atoms. The number of rotatable bonds is 1. The molecule has 3 nitrogen and oxygen atoms in total. The van der Waals surface area contributed by atoms with Gasteiger partial charge < -0.3 is 9.72 Å². The summed E-state index contributed by atoms with van der Waals surface area (Å²) >= 11 is 5.91. The van der Waals surface area contributed by atoms with E-state index in [2.05, 4.69) is 4.98 Å². The third-order valence-corrected chi connectivity index (χ3v) is 2.52. The van der Waals surface area contributed by atoms with Gasteiger partial charge in [0.05, 0.1) is 17.5 Å². The highest BCUT2D eigenvalue weighted by atomic mass is 35.5. The fraction of sp³-hybridized carbons (Fsp3) is 0.100. The van der Waals surface area contributed by atoms with Crippen LogP contribution in [-0.4, -0.2) is 12.1 Å². The van der Waals surface area contributed by atoms with E-state index in [9.17, 15) is 9.18 Å². The van der Waals surface area contributed by atoms with E-state index in [0.717, 1.165) is 6.20 Å². The molecule has 15 heavy (non-hydrogen) atoms. The molecule has 0 aliphatic heterocycles. The van der Waals surface area contributed by atoms with E-state index in [1.165, 1.54) is 19.2 Å². The standard InChI is InChI=1S/C10H7ClFNO2/c1-15-7-3-2-5-6(12)4-13-10(14)8(5)9(7)11/h2-4H,1H3,(H,13,14). The maximum absolute atomic E-state index is 13.3. The van der Waals surface area contributed by atoms with Crippen molar-refractivity contribution in [2.75, 3.05) is 7.11 Å². The fourth-order valence-electron chi connectivity index (χ4n) is 1.41. The Morgan fingerprint density at radius 1 is 1.47 bits per heavy atom. The number of fused-ring (bicyclic) bond motifs is 1. The van der Waals surface area contributed by atoms with Crippen molar-refractivity contribution in [1.29, 1.82) is 0 Å². The quantitative estimate of drug-likeness (QED) is 0.813. The van der Waals surface area contributed by atoms with E-state index in [1.807, 2.05) is 0 Å². The van der Waals surface area contributed by atoms with Gasteiger partial charge in [0, 0.05) is 11.6 Å². The normalized spacial score (nSPS) is 10.6. The first kappa shape index (κ1) is 9.98. The molecule has 0 aliphatic carbocycles. The number of aromatic amines is 1. The first-order chi connectivity index (χ1) is 7.15. The molecule has 0 spiro atoms. The third kappa shape index (κ3) is 1.47. The molecule has 2 rings (SSSR count). The number of halogens is 2. The van der Waals surface area contributed by atoms with E-state index >= 15 is 0 Å². The Kier molecular flexibility index (Phi) is 2.36. The smallest absolute Gasteiger partial charge is 0.257 e. The third-order valence-electron chi connectivity index (χ3n) is 2.14. The molecule has 0 radical (unpaired) electrons. The van der Waals surface area contributed by atoms with E-state index in [1.54, 1.807) is 0 Å². The minimum absolute atomic E-state index is 0.107. The average Bonchev–Trinajstić information content (AvgIpc) is 2.23. The molecule has 0 amide bonds. The summed E-state index contributed by atoms with van der Waals surface area (Å²) in [5.41, 5.74) is -0.435. The maximum atomic E-state index is 13.3. The van der Waals surface area contributed by atoms with Gasteiger partial charge in [-0.25, -0.2) is 4.39 Å². The summed E-state index contributed by atoms with van der Waals surface area (Å²) in [6, 6.07) is 2.98. The zero-order valence-electron chi connectivity index (χ0n) is 7.80. The van der Waals surface area contributed by atoms with Gasteiger partial charge in [0.2, 0.25) is 0 Å². The number of H-pyrrole nitrogens is 1. The van der Waals surface area contributed by atoms with Crippen LogP contribution in [0.2, 0.25) is 5.02 Å². The first-order valence-corrected chi connectivity index (χ1v) is 4.56. The van der Waals surface area contributed by atoms with Gasteiger partial charge in [0.1, 0.15) is 11.6 Å². The molecule has 78 valence electrons. The average molecular weight is 228 g/mol. The molecule has 2 aromatic rings.